The maximum absolute atomic E-state index is 12.9. The number of ether oxygens (including phenoxy) is 2. The number of carbonyl (C=O) groups excluding carboxylic acids is 1. The number of carbonyl (C=O) groups is 1. The maximum atomic E-state index is 12.9. The zero-order valence-corrected chi connectivity index (χ0v) is 17.9. The molecule has 1 aliphatic carbocycles. The molecular weight excluding hydrogens is 352 g/mol. The van der Waals surface area contributed by atoms with Gasteiger partial charge >= 0.3 is 5.97 Å². The Morgan fingerprint density at radius 1 is 1.25 bits per heavy atom. The minimum atomic E-state index is -1.31. The Morgan fingerprint density at radius 3 is 2.54 bits per heavy atom. The third kappa shape index (κ3) is 6.75. The van der Waals surface area contributed by atoms with Crippen LogP contribution in [0.1, 0.15) is 59.4 Å². The highest BCUT2D eigenvalue weighted by Gasteiger charge is 2.40. The molecule has 0 spiro atoms. The van der Waals surface area contributed by atoms with Crippen molar-refractivity contribution < 1.29 is 19.4 Å². The normalized spacial score (nSPS) is 24.5. The van der Waals surface area contributed by atoms with Crippen molar-refractivity contribution in [2.24, 2.45) is 17.8 Å². The van der Waals surface area contributed by atoms with Gasteiger partial charge in [0.25, 0.3) is 0 Å². The van der Waals surface area contributed by atoms with Crippen LogP contribution in [0.5, 0.6) is 0 Å². The van der Waals surface area contributed by atoms with Crippen molar-refractivity contribution in [3.63, 3.8) is 0 Å². The average molecular weight is 389 g/mol. The van der Waals surface area contributed by atoms with Crippen LogP contribution in [0.4, 0.5) is 0 Å². The fourth-order valence-corrected chi connectivity index (χ4v) is 3.92. The molecule has 1 aliphatic rings. The molecule has 0 aliphatic heterocycles. The summed E-state index contributed by atoms with van der Waals surface area (Å²) in [6.45, 7) is 9.97. The fraction of sp³-hybridized carbons (Fsp3) is 0.625. The zero-order valence-electron chi connectivity index (χ0n) is 17.9. The van der Waals surface area contributed by atoms with Crippen LogP contribution >= 0.6 is 0 Å². The molecule has 156 valence electrons. The summed E-state index contributed by atoms with van der Waals surface area (Å²) in [5, 5.41) is 10.5. The van der Waals surface area contributed by atoms with E-state index >= 15 is 0 Å². The molecule has 1 N–H and O–H groups in total. The zero-order chi connectivity index (χ0) is 20.7. The smallest absolute Gasteiger partial charge is 0.338 e. The first-order valence-corrected chi connectivity index (χ1v) is 10.4. The van der Waals surface area contributed by atoms with E-state index in [1.165, 1.54) is 6.42 Å². The summed E-state index contributed by atoms with van der Waals surface area (Å²) in [7, 11) is 0. The van der Waals surface area contributed by atoms with E-state index in [0.717, 1.165) is 18.4 Å². The number of hydrogen-bond acceptors (Lipinski definition) is 4. The van der Waals surface area contributed by atoms with Crippen LogP contribution in [-0.2, 0) is 14.3 Å². The molecule has 1 aromatic rings. The van der Waals surface area contributed by atoms with Gasteiger partial charge in [-0.15, -0.1) is 0 Å². The SMILES string of the molecule is CC(C)[C@@H]1CC[C@@H](C)C[C@H]1OC(=O)C(OC/C=C/c1ccccc1)C(C)(C)O. The van der Waals surface area contributed by atoms with Crippen LogP contribution in [-0.4, -0.2) is 35.5 Å². The Hall–Kier alpha value is -1.65. The van der Waals surface area contributed by atoms with E-state index in [2.05, 4.69) is 20.8 Å². The summed E-state index contributed by atoms with van der Waals surface area (Å²) >= 11 is 0. The predicted octanol–water partition coefficient (Wildman–Crippen LogP) is 4.86. The number of aliphatic hydroxyl groups is 1. The average Bonchev–Trinajstić information content (AvgIpc) is 2.61. The van der Waals surface area contributed by atoms with E-state index in [1.807, 2.05) is 42.5 Å². The van der Waals surface area contributed by atoms with Crippen LogP contribution in [0.15, 0.2) is 36.4 Å². The highest BCUT2D eigenvalue weighted by molar-refractivity contribution is 5.76. The summed E-state index contributed by atoms with van der Waals surface area (Å²) in [4.78, 5) is 12.9. The monoisotopic (exact) mass is 388 g/mol. The van der Waals surface area contributed by atoms with Crippen LogP contribution in [0, 0.1) is 17.8 Å². The first-order chi connectivity index (χ1) is 13.2. The largest absolute Gasteiger partial charge is 0.460 e. The second-order valence-electron chi connectivity index (χ2n) is 8.98. The number of hydrogen-bond donors (Lipinski definition) is 1. The van der Waals surface area contributed by atoms with Crippen molar-refractivity contribution in [3.05, 3.63) is 42.0 Å². The third-order valence-electron chi connectivity index (χ3n) is 5.55. The van der Waals surface area contributed by atoms with Gasteiger partial charge in [0.1, 0.15) is 6.10 Å². The Labute approximate surface area is 169 Å². The van der Waals surface area contributed by atoms with Gasteiger partial charge < -0.3 is 14.6 Å². The minimum Gasteiger partial charge on any atom is -0.460 e. The standard InChI is InChI=1S/C24H36O4/c1-17(2)20-14-13-18(3)16-21(20)28-23(25)22(24(4,5)26)27-15-9-12-19-10-7-6-8-11-19/h6-12,17-18,20-22,26H,13-16H2,1-5H3/b12-9+/t18-,20+,21-,22?/m1/s1. The molecule has 0 saturated heterocycles. The second-order valence-corrected chi connectivity index (χ2v) is 8.98. The summed E-state index contributed by atoms with van der Waals surface area (Å²) in [5.74, 6) is 0.898. The molecule has 0 radical (unpaired) electrons. The lowest BCUT2D eigenvalue weighted by molar-refractivity contribution is -0.183. The highest BCUT2D eigenvalue weighted by atomic mass is 16.6. The van der Waals surface area contributed by atoms with E-state index in [0.29, 0.717) is 17.8 Å². The lowest BCUT2D eigenvalue weighted by Gasteiger charge is -2.38. The van der Waals surface area contributed by atoms with Gasteiger partial charge in [-0.25, -0.2) is 4.79 Å². The molecule has 0 heterocycles. The van der Waals surface area contributed by atoms with Gasteiger partial charge in [-0.1, -0.05) is 69.7 Å². The Balaban J connectivity index is 1.99. The van der Waals surface area contributed by atoms with Crippen molar-refractivity contribution in [2.75, 3.05) is 6.61 Å². The Bertz CT molecular complexity index is 630. The second kappa shape index (κ2) is 10.2. The van der Waals surface area contributed by atoms with Gasteiger partial charge in [0.2, 0.25) is 0 Å². The summed E-state index contributed by atoms with van der Waals surface area (Å²) in [6, 6.07) is 9.88. The van der Waals surface area contributed by atoms with E-state index < -0.39 is 17.7 Å². The van der Waals surface area contributed by atoms with Crippen LogP contribution in [0.2, 0.25) is 0 Å². The molecule has 1 saturated carbocycles. The lowest BCUT2D eigenvalue weighted by Crippen LogP contribution is -2.48. The van der Waals surface area contributed by atoms with E-state index in [1.54, 1.807) is 13.8 Å². The van der Waals surface area contributed by atoms with Crippen molar-refractivity contribution >= 4 is 12.0 Å². The van der Waals surface area contributed by atoms with Crippen LogP contribution < -0.4 is 0 Å². The van der Waals surface area contributed by atoms with Gasteiger partial charge in [0.15, 0.2) is 6.10 Å². The van der Waals surface area contributed by atoms with Gasteiger partial charge in [0.05, 0.1) is 12.2 Å². The van der Waals surface area contributed by atoms with Crippen molar-refractivity contribution in [1.29, 1.82) is 0 Å². The molecule has 0 amide bonds. The molecule has 0 bridgehead atoms. The fourth-order valence-electron chi connectivity index (χ4n) is 3.92. The first kappa shape index (κ1) is 22.6. The maximum Gasteiger partial charge on any atom is 0.338 e. The molecule has 1 unspecified atom stereocenters. The van der Waals surface area contributed by atoms with Gasteiger partial charge in [-0.2, -0.15) is 0 Å². The molecule has 4 heteroatoms. The minimum absolute atomic E-state index is 0.107. The quantitative estimate of drug-likeness (QED) is 0.646. The number of rotatable bonds is 8. The molecule has 1 aromatic carbocycles. The number of esters is 1. The Morgan fingerprint density at radius 2 is 1.93 bits per heavy atom. The third-order valence-corrected chi connectivity index (χ3v) is 5.55. The molecule has 4 nitrogen and oxygen atoms in total. The molecule has 4 atom stereocenters. The van der Waals surface area contributed by atoms with E-state index in [9.17, 15) is 9.90 Å². The molecule has 28 heavy (non-hydrogen) atoms. The molecular formula is C24H36O4. The topological polar surface area (TPSA) is 55.8 Å². The number of benzene rings is 1. The molecule has 0 aromatic heterocycles. The highest BCUT2D eigenvalue weighted by Crippen LogP contribution is 2.35. The van der Waals surface area contributed by atoms with Crippen molar-refractivity contribution in [2.45, 2.75) is 71.7 Å². The first-order valence-electron chi connectivity index (χ1n) is 10.4. The van der Waals surface area contributed by atoms with E-state index in [-0.39, 0.29) is 12.7 Å². The van der Waals surface area contributed by atoms with E-state index in [4.69, 9.17) is 9.47 Å². The molecule has 1 fully saturated rings. The summed E-state index contributed by atoms with van der Waals surface area (Å²) < 4.78 is 11.6. The van der Waals surface area contributed by atoms with Gasteiger partial charge in [-0.3, -0.25) is 0 Å². The summed E-state index contributed by atoms with van der Waals surface area (Å²) in [6.07, 6.45) is 5.78. The van der Waals surface area contributed by atoms with Crippen molar-refractivity contribution in [1.82, 2.24) is 0 Å². The van der Waals surface area contributed by atoms with Gasteiger partial charge in [-0.05, 0) is 50.0 Å². The van der Waals surface area contributed by atoms with Crippen LogP contribution in [0.25, 0.3) is 6.08 Å². The molecule has 2 rings (SSSR count). The van der Waals surface area contributed by atoms with Crippen LogP contribution in [0.3, 0.4) is 0 Å². The van der Waals surface area contributed by atoms with Crippen molar-refractivity contribution in [3.8, 4) is 0 Å². The predicted molar refractivity (Wildman–Crippen MR) is 113 cm³/mol. The Kier molecular flexibility index (Phi) is 8.26. The summed E-state index contributed by atoms with van der Waals surface area (Å²) in [5.41, 5.74) is -0.255. The van der Waals surface area contributed by atoms with Gasteiger partial charge in [0, 0.05) is 0 Å². The lowest BCUT2D eigenvalue weighted by atomic mass is 9.75.